The maximum absolute atomic E-state index is 10.4. The minimum Gasteiger partial charge on any atom is -0.384 e. The summed E-state index contributed by atoms with van der Waals surface area (Å²) in [5.41, 5.74) is 2.19. The van der Waals surface area contributed by atoms with Gasteiger partial charge in [0.25, 0.3) is 0 Å². The molecular formula is C16H20N2O. The van der Waals surface area contributed by atoms with Crippen molar-refractivity contribution in [1.82, 2.24) is 10.3 Å². The third-order valence-electron chi connectivity index (χ3n) is 3.17. The summed E-state index contributed by atoms with van der Waals surface area (Å²) in [7, 11) is 0. The average Bonchev–Trinajstić information content (AvgIpc) is 2.42. The largest absolute Gasteiger partial charge is 0.384 e. The van der Waals surface area contributed by atoms with Crippen molar-refractivity contribution in [2.75, 3.05) is 6.54 Å². The van der Waals surface area contributed by atoms with Crippen molar-refractivity contribution in [3.05, 3.63) is 65.5 Å². The monoisotopic (exact) mass is 256 g/mol. The van der Waals surface area contributed by atoms with Crippen molar-refractivity contribution in [2.24, 2.45) is 0 Å². The molecular weight excluding hydrogens is 236 g/mol. The van der Waals surface area contributed by atoms with Gasteiger partial charge >= 0.3 is 0 Å². The van der Waals surface area contributed by atoms with E-state index >= 15 is 0 Å². The molecule has 19 heavy (non-hydrogen) atoms. The first-order valence-electron chi connectivity index (χ1n) is 6.48. The second-order valence-corrected chi connectivity index (χ2v) is 5.05. The van der Waals surface area contributed by atoms with Crippen LogP contribution in [-0.4, -0.2) is 16.6 Å². The number of benzene rings is 1. The van der Waals surface area contributed by atoms with E-state index in [2.05, 4.69) is 10.3 Å². The van der Waals surface area contributed by atoms with E-state index in [1.54, 1.807) is 0 Å². The Morgan fingerprint density at radius 2 is 1.89 bits per heavy atom. The molecule has 0 aliphatic heterocycles. The van der Waals surface area contributed by atoms with Crippen LogP contribution in [0.15, 0.2) is 48.7 Å². The lowest BCUT2D eigenvalue weighted by Gasteiger charge is -2.24. The number of aliphatic hydroxyl groups is 1. The zero-order valence-corrected chi connectivity index (χ0v) is 11.4. The molecule has 1 unspecified atom stereocenters. The first kappa shape index (κ1) is 13.7. The van der Waals surface area contributed by atoms with Crippen molar-refractivity contribution >= 4 is 0 Å². The van der Waals surface area contributed by atoms with Crippen molar-refractivity contribution in [2.45, 2.75) is 26.0 Å². The van der Waals surface area contributed by atoms with Gasteiger partial charge in [-0.25, -0.2) is 0 Å². The molecule has 0 fully saturated rings. The number of pyridine rings is 1. The third-order valence-corrected chi connectivity index (χ3v) is 3.17. The Kier molecular flexibility index (Phi) is 4.30. The van der Waals surface area contributed by atoms with Gasteiger partial charge in [0.1, 0.15) is 0 Å². The summed E-state index contributed by atoms with van der Waals surface area (Å²) in [5.74, 6) is 0. The van der Waals surface area contributed by atoms with Gasteiger partial charge in [0.05, 0.1) is 5.60 Å². The van der Waals surface area contributed by atoms with Crippen LogP contribution in [0.2, 0.25) is 0 Å². The Labute approximate surface area is 114 Å². The highest BCUT2D eigenvalue weighted by molar-refractivity contribution is 5.22. The van der Waals surface area contributed by atoms with E-state index in [4.69, 9.17) is 0 Å². The maximum Gasteiger partial charge on any atom is 0.0992 e. The van der Waals surface area contributed by atoms with Crippen molar-refractivity contribution in [3.8, 4) is 0 Å². The van der Waals surface area contributed by atoms with Gasteiger partial charge in [0.2, 0.25) is 0 Å². The molecule has 100 valence electrons. The minimum absolute atomic E-state index is 0.505. The normalized spacial score (nSPS) is 14.1. The van der Waals surface area contributed by atoms with E-state index in [0.717, 1.165) is 16.8 Å². The Balaban J connectivity index is 1.90. The fourth-order valence-electron chi connectivity index (χ4n) is 1.95. The molecule has 0 saturated heterocycles. The lowest BCUT2D eigenvalue weighted by molar-refractivity contribution is 0.0566. The van der Waals surface area contributed by atoms with Crippen LogP contribution >= 0.6 is 0 Å². The maximum atomic E-state index is 10.4. The molecule has 2 aromatic rings. The van der Waals surface area contributed by atoms with Crippen molar-refractivity contribution in [1.29, 1.82) is 0 Å². The van der Waals surface area contributed by atoms with Crippen LogP contribution in [0.5, 0.6) is 0 Å². The standard InChI is InChI=1S/C16H20N2O/c1-13-8-9-14(11-18-13)10-17-12-16(2,19)15-6-4-3-5-7-15/h3-9,11,17,19H,10,12H2,1-2H3. The van der Waals surface area contributed by atoms with Gasteiger partial charge in [-0.1, -0.05) is 36.4 Å². The Hall–Kier alpha value is -1.71. The van der Waals surface area contributed by atoms with Gasteiger partial charge in [-0.2, -0.15) is 0 Å². The molecule has 0 spiro atoms. The van der Waals surface area contributed by atoms with Gasteiger partial charge in [-0.15, -0.1) is 0 Å². The summed E-state index contributed by atoms with van der Waals surface area (Å²) < 4.78 is 0. The first-order chi connectivity index (χ1) is 9.08. The summed E-state index contributed by atoms with van der Waals surface area (Å²) in [6, 6.07) is 13.7. The van der Waals surface area contributed by atoms with Gasteiger partial charge in [-0.3, -0.25) is 4.98 Å². The molecule has 0 aliphatic rings. The Morgan fingerprint density at radius 3 is 2.53 bits per heavy atom. The molecule has 0 amide bonds. The highest BCUT2D eigenvalue weighted by Gasteiger charge is 2.21. The number of nitrogens with zero attached hydrogens (tertiary/aromatic N) is 1. The van der Waals surface area contributed by atoms with E-state index < -0.39 is 5.60 Å². The van der Waals surface area contributed by atoms with Crippen LogP contribution in [0.4, 0.5) is 0 Å². The van der Waals surface area contributed by atoms with Crippen LogP contribution in [0, 0.1) is 6.92 Å². The zero-order valence-electron chi connectivity index (χ0n) is 11.4. The number of rotatable bonds is 5. The molecule has 1 aromatic heterocycles. The fourth-order valence-corrected chi connectivity index (χ4v) is 1.95. The molecule has 0 bridgehead atoms. The lowest BCUT2D eigenvalue weighted by atomic mass is 9.96. The number of nitrogens with one attached hydrogen (secondary N) is 1. The number of aryl methyl sites for hydroxylation is 1. The van der Waals surface area contributed by atoms with Crippen LogP contribution in [0.1, 0.15) is 23.7 Å². The second kappa shape index (κ2) is 5.95. The molecule has 0 aliphatic carbocycles. The predicted octanol–water partition coefficient (Wildman–Crippen LogP) is 2.39. The van der Waals surface area contributed by atoms with Crippen LogP contribution < -0.4 is 5.32 Å². The van der Waals surface area contributed by atoms with Crippen LogP contribution in [-0.2, 0) is 12.1 Å². The molecule has 2 rings (SSSR count). The molecule has 3 heteroatoms. The summed E-state index contributed by atoms with van der Waals surface area (Å²) in [5, 5.41) is 13.7. The van der Waals surface area contributed by atoms with E-state index in [1.807, 2.05) is 62.5 Å². The first-order valence-corrected chi connectivity index (χ1v) is 6.48. The Morgan fingerprint density at radius 1 is 1.16 bits per heavy atom. The number of aromatic nitrogens is 1. The summed E-state index contributed by atoms with van der Waals surface area (Å²) in [6.07, 6.45) is 1.86. The Bertz CT molecular complexity index is 506. The van der Waals surface area contributed by atoms with Gasteiger partial charge < -0.3 is 10.4 Å². The van der Waals surface area contributed by atoms with Gasteiger partial charge in [-0.05, 0) is 31.0 Å². The van der Waals surface area contributed by atoms with Crippen LogP contribution in [0.25, 0.3) is 0 Å². The quantitative estimate of drug-likeness (QED) is 0.863. The minimum atomic E-state index is -0.862. The highest BCUT2D eigenvalue weighted by atomic mass is 16.3. The van der Waals surface area contributed by atoms with E-state index in [0.29, 0.717) is 13.1 Å². The zero-order chi connectivity index (χ0) is 13.7. The number of hydrogen-bond acceptors (Lipinski definition) is 3. The summed E-state index contributed by atoms with van der Waals surface area (Å²) >= 11 is 0. The van der Waals surface area contributed by atoms with E-state index in [1.165, 1.54) is 0 Å². The van der Waals surface area contributed by atoms with Crippen LogP contribution in [0.3, 0.4) is 0 Å². The second-order valence-electron chi connectivity index (χ2n) is 5.05. The van der Waals surface area contributed by atoms with Crippen molar-refractivity contribution < 1.29 is 5.11 Å². The molecule has 3 nitrogen and oxygen atoms in total. The smallest absolute Gasteiger partial charge is 0.0992 e. The highest BCUT2D eigenvalue weighted by Crippen LogP contribution is 2.19. The fraction of sp³-hybridized carbons (Fsp3) is 0.312. The molecule has 0 radical (unpaired) electrons. The average molecular weight is 256 g/mol. The topological polar surface area (TPSA) is 45.1 Å². The van der Waals surface area contributed by atoms with Crippen molar-refractivity contribution in [3.63, 3.8) is 0 Å². The molecule has 2 N–H and O–H groups in total. The molecule has 0 saturated carbocycles. The summed E-state index contributed by atoms with van der Waals surface area (Å²) in [4.78, 5) is 4.25. The predicted molar refractivity (Wildman–Crippen MR) is 76.7 cm³/mol. The lowest BCUT2D eigenvalue weighted by Crippen LogP contribution is -2.35. The van der Waals surface area contributed by atoms with E-state index in [-0.39, 0.29) is 0 Å². The van der Waals surface area contributed by atoms with E-state index in [9.17, 15) is 5.11 Å². The summed E-state index contributed by atoms with van der Waals surface area (Å²) in [6.45, 7) is 5.00. The molecule has 1 heterocycles. The number of hydrogen-bond donors (Lipinski definition) is 2. The SMILES string of the molecule is Cc1ccc(CNCC(C)(O)c2ccccc2)cn1. The van der Waals surface area contributed by atoms with Gasteiger partial charge in [0.15, 0.2) is 0 Å². The molecule has 1 atom stereocenters. The molecule has 1 aromatic carbocycles. The van der Waals surface area contributed by atoms with Gasteiger partial charge in [0, 0.05) is 25.0 Å². The third kappa shape index (κ3) is 3.88.